The summed E-state index contributed by atoms with van der Waals surface area (Å²) in [6.07, 6.45) is 3.33. The summed E-state index contributed by atoms with van der Waals surface area (Å²) in [4.78, 5) is 10.7. The zero-order valence-electron chi connectivity index (χ0n) is 8.99. The molecule has 0 spiro atoms. The molecule has 0 aliphatic heterocycles. The molecule has 0 fully saturated rings. The normalized spacial score (nSPS) is 11.1. The Balaban J connectivity index is 3.79. The summed E-state index contributed by atoms with van der Waals surface area (Å²) in [5, 5.41) is 0. The molecule has 0 aliphatic carbocycles. The van der Waals surface area contributed by atoms with E-state index in [-0.39, 0.29) is 12.3 Å². The molecule has 0 atom stereocenters. The lowest BCUT2D eigenvalue weighted by molar-refractivity contribution is -0.135. The minimum atomic E-state index is -0.364. The molecule has 82 valence electrons. The molecular weight excluding hydrogens is 184 g/mol. The fraction of sp³-hybridized carbons (Fsp3) is 0.700. The molecule has 0 saturated carbocycles. The van der Waals surface area contributed by atoms with Gasteiger partial charge in [0.25, 0.3) is 0 Å². The first-order valence-electron chi connectivity index (χ1n) is 4.72. The molecule has 0 heterocycles. The second-order valence-electron chi connectivity index (χ2n) is 2.50. The first kappa shape index (κ1) is 13.1. The Bertz CT molecular complexity index is 171. The molecule has 4 nitrogen and oxygen atoms in total. The van der Waals surface area contributed by atoms with Crippen molar-refractivity contribution < 1.29 is 19.0 Å². The lowest BCUT2D eigenvalue weighted by atomic mass is 10.3. The lowest BCUT2D eigenvalue weighted by Gasteiger charge is -2.14. The minimum absolute atomic E-state index is 0.272. The highest BCUT2D eigenvalue weighted by atomic mass is 16.7. The van der Waals surface area contributed by atoms with E-state index in [1.54, 1.807) is 6.08 Å². The third-order valence-electron chi connectivity index (χ3n) is 1.49. The van der Waals surface area contributed by atoms with Crippen molar-refractivity contribution in [1.29, 1.82) is 0 Å². The number of carbonyl (C=O) groups is 1. The van der Waals surface area contributed by atoms with Gasteiger partial charge >= 0.3 is 5.97 Å². The average Bonchev–Trinajstić information content (AvgIpc) is 2.18. The van der Waals surface area contributed by atoms with Crippen LogP contribution in [0.4, 0.5) is 0 Å². The highest BCUT2D eigenvalue weighted by Gasteiger charge is 2.04. The second-order valence-corrected chi connectivity index (χ2v) is 2.50. The van der Waals surface area contributed by atoms with Crippen molar-refractivity contribution in [3.05, 3.63) is 12.2 Å². The molecule has 0 aliphatic rings. The van der Waals surface area contributed by atoms with Gasteiger partial charge in [0.2, 0.25) is 0 Å². The Morgan fingerprint density at radius 1 is 1.29 bits per heavy atom. The van der Waals surface area contributed by atoms with Gasteiger partial charge in [0.1, 0.15) is 0 Å². The first-order chi connectivity index (χ1) is 6.74. The van der Waals surface area contributed by atoms with Gasteiger partial charge in [-0.15, -0.1) is 0 Å². The maximum absolute atomic E-state index is 10.7. The average molecular weight is 202 g/mol. The zero-order valence-corrected chi connectivity index (χ0v) is 8.99. The standard InChI is InChI=1S/C10H18O4/c1-4-13-10(14-5-2)8-6-7-9(11)12-3/h6-7,10H,4-5,8H2,1-3H3/b7-6-. The Hall–Kier alpha value is -0.870. The third-order valence-corrected chi connectivity index (χ3v) is 1.49. The van der Waals surface area contributed by atoms with E-state index in [1.165, 1.54) is 13.2 Å². The molecule has 0 bridgehead atoms. The molecule has 0 radical (unpaired) electrons. The van der Waals surface area contributed by atoms with Gasteiger partial charge in [0.05, 0.1) is 7.11 Å². The molecule has 0 N–H and O–H groups in total. The van der Waals surface area contributed by atoms with Gasteiger partial charge in [0.15, 0.2) is 6.29 Å². The Kier molecular flexibility index (Phi) is 8.17. The van der Waals surface area contributed by atoms with Crippen molar-refractivity contribution in [3.8, 4) is 0 Å². The Labute approximate surface area is 84.8 Å². The number of rotatable bonds is 7. The molecule has 0 unspecified atom stereocenters. The smallest absolute Gasteiger partial charge is 0.330 e. The van der Waals surface area contributed by atoms with Crippen LogP contribution in [0.3, 0.4) is 0 Å². The van der Waals surface area contributed by atoms with Crippen LogP contribution >= 0.6 is 0 Å². The number of hydrogen-bond donors (Lipinski definition) is 0. The molecule has 0 saturated heterocycles. The first-order valence-corrected chi connectivity index (χ1v) is 4.72. The van der Waals surface area contributed by atoms with Crippen molar-refractivity contribution in [2.75, 3.05) is 20.3 Å². The van der Waals surface area contributed by atoms with Gasteiger partial charge in [0, 0.05) is 25.7 Å². The van der Waals surface area contributed by atoms with Gasteiger partial charge in [-0.1, -0.05) is 6.08 Å². The van der Waals surface area contributed by atoms with Crippen molar-refractivity contribution in [2.45, 2.75) is 26.6 Å². The molecule has 4 heteroatoms. The maximum Gasteiger partial charge on any atom is 0.330 e. The number of esters is 1. The van der Waals surface area contributed by atoms with E-state index in [2.05, 4.69) is 4.74 Å². The summed E-state index contributed by atoms with van der Waals surface area (Å²) in [5.74, 6) is -0.364. The van der Waals surface area contributed by atoms with Crippen LogP contribution in [0.1, 0.15) is 20.3 Å². The predicted octanol–water partition coefficient (Wildman–Crippen LogP) is 1.50. The van der Waals surface area contributed by atoms with Crippen molar-refractivity contribution in [2.24, 2.45) is 0 Å². The topological polar surface area (TPSA) is 44.8 Å². The van der Waals surface area contributed by atoms with E-state index in [4.69, 9.17) is 9.47 Å². The molecule has 0 amide bonds. The maximum atomic E-state index is 10.7. The molecule has 0 aromatic rings. The Morgan fingerprint density at radius 3 is 2.29 bits per heavy atom. The van der Waals surface area contributed by atoms with Crippen molar-refractivity contribution in [3.63, 3.8) is 0 Å². The number of ether oxygens (including phenoxy) is 3. The molecule has 0 aromatic heterocycles. The van der Waals surface area contributed by atoms with Crippen molar-refractivity contribution in [1.82, 2.24) is 0 Å². The summed E-state index contributed by atoms with van der Waals surface area (Å²) in [6, 6.07) is 0. The quantitative estimate of drug-likeness (QED) is 0.356. The largest absolute Gasteiger partial charge is 0.466 e. The summed E-state index contributed by atoms with van der Waals surface area (Å²) < 4.78 is 15.0. The van der Waals surface area contributed by atoms with Gasteiger partial charge in [-0.2, -0.15) is 0 Å². The van der Waals surface area contributed by atoms with Crippen LogP contribution in [-0.2, 0) is 19.0 Å². The van der Waals surface area contributed by atoms with Crippen LogP contribution in [0.2, 0.25) is 0 Å². The van der Waals surface area contributed by atoms with E-state index in [9.17, 15) is 4.79 Å². The molecule has 14 heavy (non-hydrogen) atoms. The molecular formula is C10H18O4. The van der Waals surface area contributed by atoms with E-state index in [0.717, 1.165) is 0 Å². The highest BCUT2D eigenvalue weighted by molar-refractivity contribution is 5.81. The predicted molar refractivity (Wildman–Crippen MR) is 52.8 cm³/mol. The number of hydrogen-bond acceptors (Lipinski definition) is 4. The van der Waals surface area contributed by atoms with E-state index >= 15 is 0 Å². The van der Waals surface area contributed by atoms with E-state index < -0.39 is 0 Å². The van der Waals surface area contributed by atoms with Gasteiger partial charge in [-0.3, -0.25) is 0 Å². The summed E-state index contributed by atoms with van der Waals surface area (Å²) in [6.45, 7) is 4.99. The van der Waals surface area contributed by atoms with Crippen LogP contribution in [0.5, 0.6) is 0 Å². The second kappa shape index (κ2) is 8.72. The Morgan fingerprint density at radius 2 is 1.86 bits per heavy atom. The van der Waals surface area contributed by atoms with Crippen LogP contribution in [-0.4, -0.2) is 32.6 Å². The van der Waals surface area contributed by atoms with E-state index in [0.29, 0.717) is 19.6 Å². The zero-order chi connectivity index (χ0) is 10.8. The molecule has 0 rings (SSSR count). The van der Waals surface area contributed by atoms with Crippen LogP contribution < -0.4 is 0 Å². The van der Waals surface area contributed by atoms with Crippen LogP contribution in [0.15, 0.2) is 12.2 Å². The molecule has 0 aromatic carbocycles. The fourth-order valence-corrected chi connectivity index (χ4v) is 0.899. The SMILES string of the molecule is CCOC(C/C=C\C(=O)OC)OCC. The van der Waals surface area contributed by atoms with Gasteiger partial charge < -0.3 is 14.2 Å². The number of carbonyl (C=O) groups excluding carboxylic acids is 1. The number of methoxy groups -OCH3 is 1. The fourth-order valence-electron chi connectivity index (χ4n) is 0.899. The summed E-state index contributed by atoms with van der Waals surface area (Å²) >= 11 is 0. The lowest BCUT2D eigenvalue weighted by Crippen LogP contribution is -2.16. The van der Waals surface area contributed by atoms with Crippen LogP contribution in [0, 0.1) is 0 Å². The third kappa shape index (κ3) is 6.62. The summed E-state index contributed by atoms with van der Waals surface area (Å²) in [7, 11) is 1.34. The summed E-state index contributed by atoms with van der Waals surface area (Å²) in [5.41, 5.74) is 0. The van der Waals surface area contributed by atoms with Gasteiger partial charge in [-0.25, -0.2) is 4.79 Å². The van der Waals surface area contributed by atoms with Crippen LogP contribution in [0.25, 0.3) is 0 Å². The van der Waals surface area contributed by atoms with Gasteiger partial charge in [-0.05, 0) is 13.8 Å². The van der Waals surface area contributed by atoms with E-state index in [1.807, 2.05) is 13.8 Å². The minimum Gasteiger partial charge on any atom is -0.466 e. The van der Waals surface area contributed by atoms with Crippen molar-refractivity contribution >= 4 is 5.97 Å². The highest BCUT2D eigenvalue weighted by Crippen LogP contribution is 2.01. The monoisotopic (exact) mass is 202 g/mol.